The zero-order chi connectivity index (χ0) is 17.2. The van der Waals surface area contributed by atoms with Crippen LogP contribution in [0.4, 0.5) is 5.69 Å². The lowest BCUT2D eigenvalue weighted by molar-refractivity contribution is -0.126. The molecule has 1 aromatic carbocycles. The van der Waals surface area contributed by atoms with Crippen molar-refractivity contribution in [3.63, 3.8) is 0 Å². The second-order valence-corrected chi connectivity index (χ2v) is 6.85. The lowest BCUT2D eigenvalue weighted by atomic mass is 9.82. The van der Waals surface area contributed by atoms with Crippen molar-refractivity contribution in [2.45, 2.75) is 44.6 Å². The third-order valence-electron chi connectivity index (χ3n) is 4.80. The third kappa shape index (κ3) is 3.16. The van der Waals surface area contributed by atoms with Crippen molar-refractivity contribution in [2.24, 2.45) is 0 Å². The summed E-state index contributed by atoms with van der Waals surface area (Å²) in [7, 11) is 0. The van der Waals surface area contributed by atoms with E-state index in [1.165, 1.54) is 6.42 Å². The molecule has 1 aromatic heterocycles. The fourth-order valence-electron chi connectivity index (χ4n) is 2.78. The van der Waals surface area contributed by atoms with E-state index in [0.29, 0.717) is 11.7 Å². The van der Waals surface area contributed by atoms with Gasteiger partial charge in [0.15, 0.2) is 0 Å². The van der Waals surface area contributed by atoms with E-state index in [0.717, 1.165) is 29.5 Å². The van der Waals surface area contributed by atoms with Crippen molar-refractivity contribution in [1.29, 1.82) is 0 Å². The molecule has 4 nitrogen and oxygen atoms in total. The summed E-state index contributed by atoms with van der Waals surface area (Å²) in [6.45, 7) is 11.0. The molecule has 1 saturated carbocycles. The molecule has 1 fully saturated rings. The number of aromatic nitrogens is 1. The number of carbonyl (C=O) groups is 1. The van der Waals surface area contributed by atoms with Crippen LogP contribution in [0.1, 0.15) is 38.7 Å². The molecule has 0 unspecified atom stereocenters. The van der Waals surface area contributed by atoms with Gasteiger partial charge in [0.1, 0.15) is 0 Å². The first kappa shape index (κ1) is 16.2. The highest BCUT2D eigenvalue weighted by Gasteiger charge is 2.32. The minimum absolute atomic E-state index is 0.0802. The lowest BCUT2D eigenvalue weighted by Gasteiger charge is -2.32. The largest absolute Gasteiger partial charge is 0.353 e. The van der Waals surface area contributed by atoms with E-state index in [1.54, 1.807) is 12.4 Å². The summed E-state index contributed by atoms with van der Waals surface area (Å²) in [5.74, 6) is 0.0802. The van der Waals surface area contributed by atoms with Crippen LogP contribution in [0.5, 0.6) is 0 Å². The second kappa shape index (κ2) is 6.45. The number of benzene rings is 1. The summed E-state index contributed by atoms with van der Waals surface area (Å²) >= 11 is 0. The van der Waals surface area contributed by atoms with E-state index in [1.807, 2.05) is 44.2 Å². The van der Waals surface area contributed by atoms with Crippen LogP contribution < -0.4 is 5.32 Å². The highest BCUT2D eigenvalue weighted by Crippen LogP contribution is 2.29. The molecule has 1 heterocycles. The first-order valence-electron chi connectivity index (χ1n) is 8.25. The molecular formula is C20H21N3O. The molecule has 2 aromatic rings. The molecule has 0 spiro atoms. The normalized spacial score (nSPS) is 14.5. The molecule has 0 aliphatic heterocycles. The summed E-state index contributed by atoms with van der Waals surface area (Å²) in [5.41, 5.74) is 2.85. The number of pyridine rings is 1. The van der Waals surface area contributed by atoms with E-state index in [-0.39, 0.29) is 5.91 Å². The maximum absolute atomic E-state index is 12.6. The zero-order valence-corrected chi connectivity index (χ0v) is 14.0. The van der Waals surface area contributed by atoms with E-state index < -0.39 is 5.41 Å². The summed E-state index contributed by atoms with van der Waals surface area (Å²) in [5, 5.41) is 3.13. The number of nitrogens with zero attached hydrogens (tertiary/aromatic N) is 2. The average molecular weight is 319 g/mol. The van der Waals surface area contributed by atoms with Gasteiger partial charge in [-0.25, -0.2) is 4.85 Å². The van der Waals surface area contributed by atoms with Crippen molar-refractivity contribution < 1.29 is 4.79 Å². The van der Waals surface area contributed by atoms with Crippen molar-refractivity contribution in [3.8, 4) is 11.1 Å². The van der Waals surface area contributed by atoms with Crippen molar-refractivity contribution in [3.05, 3.63) is 59.7 Å². The van der Waals surface area contributed by atoms with Crippen LogP contribution in [0.2, 0.25) is 0 Å². The Kier molecular flexibility index (Phi) is 4.35. The fraction of sp³-hybridized carbons (Fsp3) is 0.350. The van der Waals surface area contributed by atoms with E-state index in [2.05, 4.69) is 15.1 Å². The van der Waals surface area contributed by atoms with Crippen molar-refractivity contribution in [2.75, 3.05) is 0 Å². The summed E-state index contributed by atoms with van der Waals surface area (Å²) in [6, 6.07) is 10.1. The number of carbonyl (C=O) groups excluding carboxylic acids is 1. The van der Waals surface area contributed by atoms with Gasteiger partial charge in [-0.3, -0.25) is 9.78 Å². The highest BCUT2D eigenvalue weighted by molar-refractivity contribution is 5.87. The van der Waals surface area contributed by atoms with Crippen LogP contribution in [0.15, 0.2) is 42.7 Å². The Morgan fingerprint density at radius 1 is 1.21 bits per heavy atom. The molecule has 1 amide bonds. The first-order chi connectivity index (χ1) is 11.5. The molecule has 1 aliphatic rings. The Hall–Kier alpha value is -2.67. The summed E-state index contributed by atoms with van der Waals surface area (Å²) < 4.78 is 0. The first-order valence-corrected chi connectivity index (χ1v) is 8.25. The molecule has 4 heteroatoms. The molecular weight excluding hydrogens is 298 g/mol. The minimum atomic E-state index is -0.565. The number of rotatable bonds is 4. The molecule has 0 saturated heterocycles. The Morgan fingerprint density at radius 3 is 2.50 bits per heavy atom. The number of hydrogen-bond acceptors (Lipinski definition) is 2. The number of amides is 1. The van der Waals surface area contributed by atoms with E-state index >= 15 is 0 Å². The van der Waals surface area contributed by atoms with Crippen LogP contribution in [-0.4, -0.2) is 16.9 Å². The van der Waals surface area contributed by atoms with Gasteiger partial charge in [-0.05, 0) is 55.9 Å². The molecule has 1 aliphatic carbocycles. The quantitative estimate of drug-likeness (QED) is 0.857. The Morgan fingerprint density at radius 2 is 1.92 bits per heavy atom. The van der Waals surface area contributed by atoms with Gasteiger partial charge in [0.25, 0.3) is 0 Å². The highest BCUT2D eigenvalue weighted by atomic mass is 16.2. The molecule has 0 radical (unpaired) electrons. The van der Waals surface area contributed by atoms with Crippen LogP contribution >= 0.6 is 0 Å². The third-order valence-corrected chi connectivity index (χ3v) is 4.80. The van der Waals surface area contributed by atoms with Gasteiger partial charge in [0.05, 0.1) is 12.0 Å². The molecule has 1 N–H and O–H groups in total. The van der Waals surface area contributed by atoms with Gasteiger partial charge in [-0.2, -0.15) is 0 Å². The van der Waals surface area contributed by atoms with Crippen molar-refractivity contribution in [1.82, 2.24) is 10.3 Å². The molecule has 122 valence electrons. The molecule has 0 atom stereocenters. The SMILES string of the molecule is [C-]#[N+]c1cncc(-c2ccc(C(C)(C)C(=O)NC3CCC3)cc2)c1. The predicted molar refractivity (Wildman–Crippen MR) is 94.7 cm³/mol. The van der Waals surface area contributed by atoms with Crippen LogP contribution in [0.25, 0.3) is 16.0 Å². The van der Waals surface area contributed by atoms with Crippen molar-refractivity contribution >= 4 is 11.6 Å². The van der Waals surface area contributed by atoms with Gasteiger partial charge >= 0.3 is 0 Å². The molecule has 0 bridgehead atoms. The molecule has 24 heavy (non-hydrogen) atoms. The van der Waals surface area contributed by atoms with Gasteiger partial charge < -0.3 is 5.32 Å². The lowest BCUT2D eigenvalue weighted by Crippen LogP contribution is -2.47. The predicted octanol–water partition coefficient (Wildman–Crippen LogP) is 4.25. The number of hydrogen-bond donors (Lipinski definition) is 1. The maximum atomic E-state index is 12.6. The monoisotopic (exact) mass is 319 g/mol. The van der Waals surface area contributed by atoms with Gasteiger partial charge in [0.2, 0.25) is 11.6 Å². The minimum Gasteiger partial charge on any atom is -0.353 e. The van der Waals surface area contributed by atoms with Crippen LogP contribution in [0.3, 0.4) is 0 Å². The van der Waals surface area contributed by atoms with E-state index in [4.69, 9.17) is 6.57 Å². The second-order valence-electron chi connectivity index (χ2n) is 6.85. The van der Waals surface area contributed by atoms with Gasteiger partial charge in [-0.1, -0.05) is 24.3 Å². The van der Waals surface area contributed by atoms with Gasteiger partial charge in [-0.15, -0.1) is 0 Å². The Balaban J connectivity index is 1.80. The smallest absolute Gasteiger partial charge is 0.230 e. The maximum Gasteiger partial charge on any atom is 0.230 e. The zero-order valence-electron chi connectivity index (χ0n) is 14.0. The Bertz CT molecular complexity index is 783. The average Bonchev–Trinajstić information content (AvgIpc) is 2.58. The topological polar surface area (TPSA) is 46.4 Å². The number of nitrogens with one attached hydrogen (secondary N) is 1. The van der Waals surface area contributed by atoms with Crippen LogP contribution in [-0.2, 0) is 10.2 Å². The van der Waals surface area contributed by atoms with Gasteiger partial charge in [0, 0.05) is 18.4 Å². The van der Waals surface area contributed by atoms with E-state index in [9.17, 15) is 4.79 Å². The molecule has 3 rings (SSSR count). The fourth-order valence-corrected chi connectivity index (χ4v) is 2.78. The Labute approximate surface area is 142 Å². The van der Waals surface area contributed by atoms with Crippen LogP contribution in [0, 0.1) is 6.57 Å². The summed E-state index contributed by atoms with van der Waals surface area (Å²) in [6.07, 6.45) is 6.69. The summed E-state index contributed by atoms with van der Waals surface area (Å²) in [4.78, 5) is 20.1. The standard InChI is InChI=1S/C20H21N3O/c1-20(2,19(24)23-17-5-4-6-17)16-9-7-14(8-10-16)15-11-18(21-3)13-22-12-15/h7-13,17H,4-6H2,1-2H3,(H,23,24).